The fourth-order valence-corrected chi connectivity index (χ4v) is 6.66. The number of hydrogen-bond donors (Lipinski definition) is 3. The minimum atomic E-state index is -3.83. The van der Waals surface area contributed by atoms with Gasteiger partial charge in [-0.3, -0.25) is 19.6 Å². The SMILES string of the molecule is COc1cc(OC)c(C(=O)CCCCN2CCC3(CC2)NC(=O)NC3=O)cc1NS(=O)(=O)c1cccs1.Cl. The van der Waals surface area contributed by atoms with Crippen molar-refractivity contribution in [3.63, 3.8) is 0 Å². The number of unbranched alkanes of at least 4 members (excludes halogenated alkanes) is 1. The van der Waals surface area contributed by atoms with Crippen LogP contribution >= 0.6 is 23.7 Å². The van der Waals surface area contributed by atoms with Gasteiger partial charge in [-0.1, -0.05) is 6.07 Å². The van der Waals surface area contributed by atoms with Gasteiger partial charge in [-0.05, 0) is 49.7 Å². The number of Topliss-reactive ketones (excluding diaryl/α,β-unsaturated/α-hetero) is 1. The summed E-state index contributed by atoms with van der Waals surface area (Å²) < 4.78 is 38.8. The Kier molecular flexibility index (Phi) is 9.63. The van der Waals surface area contributed by atoms with Crippen LogP contribution in [0.2, 0.25) is 0 Å². The summed E-state index contributed by atoms with van der Waals surface area (Å²) in [5.74, 6) is 0.120. The number of carbonyl (C=O) groups excluding carboxylic acids is 3. The highest BCUT2D eigenvalue weighted by molar-refractivity contribution is 7.94. The van der Waals surface area contributed by atoms with Crippen molar-refractivity contribution in [2.75, 3.05) is 38.6 Å². The average molecular weight is 587 g/mol. The highest BCUT2D eigenvalue weighted by atomic mass is 35.5. The first-order valence-electron chi connectivity index (χ1n) is 11.9. The van der Waals surface area contributed by atoms with Crippen molar-refractivity contribution in [2.24, 2.45) is 0 Å². The Balaban J connectivity index is 0.00000400. The van der Waals surface area contributed by atoms with Crippen LogP contribution in [0.5, 0.6) is 11.5 Å². The number of nitrogens with one attached hydrogen (secondary N) is 3. The number of imide groups is 1. The molecular formula is C24H31ClN4O7S2. The molecule has 3 amide bonds. The zero-order valence-electron chi connectivity index (χ0n) is 21.1. The number of carbonyl (C=O) groups is 3. The number of nitrogens with zero attached hydrogens (tertiary/aromatic N) is 1. The second-order valence-corrected chi connectivity index (χ2v) is 11.9. The molecular weight excluding hydrogens is 556 g/mol. The van der Waals surface area contributed by atoms with Crippen LogP contribution in [0.1, 0.15) is 42.5 Å². The number of anilines is 1. The molecule has 0 atom stereocenters. The number of halogens is 1. The van der Waals surface area contributed by atoms with Gasteiger partial charge in [0.1, 0.15) is 21.2 Å². The van der Waals surface area contributed by atoms with Gasteiger partial charge >= 0.3 is 6.03 Å². The summed E-state index contributed by atoms with van der Waals surface area (Å²) in [6.07, 6.45) is 2.76. The average Bonchev–Trinajstić information content (AvgIpc) is 3.51. The maximum Gasteiger partial charge on any atom is 0.322 e. The first kappa shape index (κ1) is 29.7. The van der Waals surface area contributed by atoms with Crippen LogP contribution < -0.4 is 24.8 Å². The zero-order chi connectivity index (χ0) is 26.6. The molecule has 14 heteroatoms. The van der Waals surface area contributed by atoms with E-state index in [0.717, 1.165) is 24.3 Å². The van der Waals surface area contributed by atoms with Gasteiger partial charge in [-0.25, -0.2) is 13.2 Å². The molecule has 1 aromatic heterocycles. The Labute approximate surface area is 231 Å². The van der Waals surface area contributed by atoms with E-state index in [9.17, 15) is 22.8 Å². The third-order valence-corrected chi connectivity index (χ3v) is 9.44. The van der Waals surface area contributed by atoms with Crippen molar-refractivity contribution in [1.29, 1.82) is 0 Å². The van der Waals surface area contributed by atoms with Crippen molar-refractivity contribution in [3.8, 4) is 11.5 Å². The molecule has 2 aliphatic heterocycles. The molecule has 2 saturated heterocycles. The second kappa shape index (κ2) is 12.3. The first-order valence-corrected chi connectivity index (χ1v) is 14.3. The molecule has 1 spiro atoms. The predicted molar refractivity (Wildman–Crippen MR) is 145 cm³/mol. The standard InChI is InChI=1S/C24H30N4O7S2.ClH/c1-34-19-15-20(35-2)17(27-37(32,33)21-7-5-13-36-21)14-16(19)18(29)6-3-4-10-28-11-8-24(9-12-28)22(30)25-23(31)26-24;/h5,7,13-15,27H,3-4,6,8-12H2,1-2H3,(H2,25,26,30,31);1H. The van der Waals surface area contributed by atoms with E-state index in [-0.39, 0.29) is 51.7 Å². The molecule has 0 saturated carbocycles. The number of piperidine rings is 1. The summed E-state index contributed by atoms with van der Waals surface area (Å²) in [5, 5.41) is 6.73. The van der Waals surface area contributed by atoms with E-state index in [1.54, 1.807) is 11.4 Å². The van der Waals surface area contributed by atoms with E-state index >= 15 is 0 Å². The van der Waals surface area contributed by atoms with E-state index < -0.39 is 21.6 Å². The van der Waals surface area contributed by atoms with Gasteiger partial charge in [0.25, 0.3) is 15.9 Å². The molecule has 0 bridgehead atoms. The number of ketones is 1. The van der Waals surface area contributed by atoms with Crippen molar-refractivity contribution in [3.05, 3.63) is 35.2 Å². The van der Waals surface area contributed by atoms with Crippen molar-refractivity contribution < 1.29 is 32.3 Å². The van der Waals surface area contributed by atoms with E-state index in [4.69, 9.17) is 9.47 Å². The molecule has 38 heavy (non-hydrogen) atoms. The number of urea groups is 1. The normalized spacial score (nSPS) is 16.9. The molecule has 4 rings (SSSR count). The van der Waals surface area contributed by atoms with Gasteiger partial charge in [0.05, 0.1) is 25.5 Å². The Morgan fingerprint density at radius 3 is 2.42 bits per heavy atom. The van der Waals surface area contributed by atoms with Crippen molar-refractivity contribution >= 4 is 57.2 Å². The Hall–Kier alpha value is -2.87. The van der Waals surface area contributed by atoms with Gasteiger partial charge in [-0.15, -0.1) is 23.7 Å². The molecule has 3 N–H and O–H groups in total. The van der Waals surface area contributed by atoms with E-state index in [0.29, 0.717) is 38.1 Å². The summed E-state index contributed by atoms with van der Waals surface area (Å²) in [4.78, 5) is 38.9. The van der Waals surface area contributed by atoms with E-state index in [2.05, 4.69) is 20.3 Å². The van der Waals surface area contributed by atoms with Crippen LogP contribution in [-0.2, 0) is 14.8 Å². The number of hydrogen-bond acceptors (Lipinski definition) is 9. The zero-order valence-corrected chi connectivity index (χ0v) is 23.5. The molecule has 2 aromatic rings. The van der Waals surface area contributed by atoms with Gasteiger partial charge in [-0.2, -0.15) is 0 Å². The number of sulfonamides is 1. The monoisotopic (exact) mass is 586 g/mol. The second-order valence-electron chi connectivity index (χ2n) is 9.00. The quantitative estimate of drug-likeness (QED) is 0.207. The molecule has 3 heterocycles. The maximum absolute atomic E-state index is 13.1. The molecule has 0 radical (unpaired) electrons. The van der Waals surface area contributed by atoms with Crippen LogP contribution in [-0.4, -0.2) is 70.4 Å². The lowest BCUT2D eigenvalue weighted by Crippen LogP contribution is -2.54. The molecule has 0 aliphatic carbocycles. The number of rotatable bonds is 11. The molecule has 2 aliphatic rings. The van der Waals surface area contributed by atoms with Gasteiger partial charge in [0, 0.05) is 25.6 Å². The number of ether oxygens (including phenoxy) is 2. The largest absolute Gasteiger partial charge is 0.496 e. The highest BCUT2D eigenvalue weighted by Crippen LogP contribution is 2.35. The van der Waals surface area contributed by atoms with Crippen LogP contribution in [0.25, 0.3) is 0 Å². The molecule has 0 unspecified atom stereocenters. The van der Waals surface area contributed by atoms with E-state index in [1.807, 2.05) is 0 Å². The highest BCUT2D eigenvalue weighted by Gasteiger charge is 2.47. The Bertz CT molecular complexity index is 1280. The number of likely N-dealkylation sites (tertiary alicyclic amines) is 1. The van der Waals surface area contributed by atoms with E-state index in [1.165, 1.54) is 32.4 Å². The smallest absolute Gasteiger partial charge is 0.322 e. The van der Waals surface area contributed by atoms with Crippen LogP contribution in [0.3, 0.4) is 0 Å². The summed E-state index contributed by atoms with van der Waals surface area (Å²) in [5.41, 5.74) is -0.364. The lowest BCUT2D eigenvalue weighted by molar-refractivity contribution is -0.125. The number of methoxy groups -OCH3 is 2. The maximum atomic E-state index is 13.1. The molecule has 2 fully saturated rings. The minimum Gasteiger partial charge on any atom is -0.496 e. The summed E-state index contributed by atoms with van der Waals surface area (Å²) in [7, 11) is -0.977. The molecule has 11 nitrogen and oxygen atoms in total. The lowest BCUT2D eigenvalue weighted by Gasteiger charge is -2.36. The predicted octanol–water partition coefficient (Wildman–Crippen LogP) is 3.01. The third-order valence-electron chi connectivity index (χ3n) is 6.68. The fourth-order valence-electron chi connectivity index (χ4n) is 4.60. The van der Waals surface area contributed by atoms with Crippen molar-refractivity contribution in [1.82, 2.24) is 15.5 Å². The van der Waals surface area contributed by atoms with Crippen LogP contribution in [0.4, 0.5) is 10.5 Å². The Morgan fingerprint density at radius 1 is 1.13 bits per heavy atom. The number of thiophene rings is 1. The van der Waals surface area contributed by atoms with Gasteiger partial charge in [0.2, 0.25) is 0 Å². The van der Waals surface area contributed by atoms with Crippen LogP contribution in [0, 0.1) is 0 Å². The first-order chi connectivity index (χ1) is 17.7. The third kappa shape index (κ3) is 6.40. The summed E-state index contributed by atoms with van der Waals surface area (Å²) >= 11 is 1.09. The summed E-state index contributed by atoms with van der Waals surface area (Å²) in [6.45, 7) is 2.13. The molecule has 1 aromatic carbocycles. The van der Waals surface area contributed by atoms with Gasteiger partial charge in [0.15, 0.2) is 5.78 Å². The molecule has 208 valence electrons. The van der Waals surface area contributed by atoms with Crippen LogP contribution in [0.15, 0.2) is 33.9 Å². The topological polar surface area (TPSA) is 143 Å². The minimum absolute atomic E-state index is 0. The fraction of sp³-hybridized carbons (Fsp3) is 0.458. The number of benzene rings is 1. The lowest BCUT2D eigenvalue weighted by atomic mass is 9.87. The van der Waals surface area contributed by atoms with Crippen molar-refractivity contribution in [2.45, 2.75) is 41.9 Å². The summed E-state index contributed by atoms with van der Waals surface area (Å²) in [6, 6.07) is 5.66. The Morgan fingerprint density at radius 2 is 1.84 bits per heavy atom. The number of amides is 3. The van der Waals surface area contributed by atoms with Gasteiger partial charge < -0.3 is 19.7 Å².